The third-order valence-electron chi connectivity index (χ3n) is 5.36. The van der Waals surface area contributed by atoms with Crippen LogP contribution in [0.15, 0.2) is 36.4 Å². The molecule has 0 aromatic heterocycles. The molecule has 0 aliphatic heterocycles. The van der Waals surface area contributed by atoms with Gasteiger partial charge in [0.05, 0.1) is 0 Å². The Morgan fingerprint density at radius 2 is 1.45 bits per heavy atom. The number of ether oxygens (including phenoxy) is 1. The second kappa shape index (κ2) is 10.4. The highest BCUT2D eigenvalue weighted by Gasteiger charge is 2.30. The molecule has 3 aromatic carbocycles. The van der Waals surface area contributed by atoms with Crippen LogP contribution >= 0.6 is 0 Å². The van der Waals surface area contributed by atoms with Crippen molar-refractivity contribution in [2.24, 2.45) is 0 Å². The van der Waals surface area contributed by atoms with Crippen molar-refractivity contribution in [3.05, 3.63) is 76.4 Å². The van der Waals surface area contributed by atoms with Crippen LogP contribution in [0.1, 0.15) is 42.9 Å². The monoisotopic (exact) mass is 472 g/mol. The molecule has 1 nitrogen and oxygen atoms in total. The Hall–Kier alpha value is -2.77. The van der Waals surface area contributed by atoms with E-state index in [2.05, 4.69) is 4.74 Å². The number of halogens is 7. The van der Waals surface area contributed by atoms with E-state index >= 15 is 0 Å². The molecule has 0 N–H and O–H groups in total. The average molecular weight is 472 g/mol. The topological polar surface area (TPSA) is 9.23 Å². The van der Waals surface area contributed by atoms with Crippen molar-refractivity contribution in [2.45, 2.75) is 51.6 Å². The van der Waals surface area contributed by atoms with Gasteiger partial charge in [0, 0.05) is 10.9 Å². The molecular formula is C25H23F7O. The lowest BCUT2D eigenvalue weighted by Crippen LogP contribution is -2.20. The van der Waals surface area contributed by atoms with Crippen molar-refractivity contribution in [3.63, 3.8) is 0 Å². The third-order valence-corrected chi connectivity index (χ3v) is 5.36. The highest BCUT2D eigenvalue weighted by molar-refractivity contribution is 5.85. The summed E-state index contributed by atoms with van der Waals surface area (Å²) in [7, 11) is 0. The van der Waals surface area contributed by atoms with Gasteiger partial charge in [-0.3, -0.25) is 0 Å². The molecule has 33 heavy (non-hydrogen) atoms. The summed E-state index contributed by atoms with van der Waals surface area (Å²) in [5, 5.41) is -0.0137. The van der Waals surface area contributed by atoms with Gasteiger partial charge < -0.3 is 4.74 Å². The van der Waals surface area contributed by atoms with E-state index in [0.717, 1.165) is 25.3 Å². The number of aryl methyl sites for hydroxylation is 2. The number of alkyl halides is 3. The maximum absolute atomic E-state index is 14.5. The first-order valence-corrected chi connectivity index (χ1v) is 10.7. The van der Waals surface area contributed by atoms with Crippen molar-refractivity contribution in [1.82, 2.24) is 0 Å². The largest absolute Gasteiger partial charge is 0.478 e. The Kier molecular flexibility index (Phi) is 7.87. The summed E-state index contributed by atoms with van der Waals surface area (Å²) < 4.78 is 98.8. The summed E-state index contributed by atoms with van der Waals surface area (Å²) in [5.41, 5.74) is 1.10. The Labute approximate surface area is 187 Å². The van der Waals surface area contributed by atoms with Crippen molar-refractivity contribution in [2.75, 3.05) is 6.61 Å². The number of hydrogen-bond donors (Lipinski definition) is 0. The summed E-state index contributed by atoms with van der Waals surface area (Å²) in [6, 6.07) is 7.74. The standard InChI is InChI=1S/C25H23F7O/c1-2-3-4-5-16-11-20(26)19(21(27)12-16)9-7-15-6-8-18-17(10-15)13-22(28)24(23(18)29)33-14-25(30,31)32/h6,8,10-13H,2-5,7,9,14H2,1H3. The molecule has 0 aliphatic carbocycles. The lowest BCUT2D eigenvalue weighted by Gasteiger charge is -2.13. The van der Waals surface area contributed by atoms with Crippen molar-refractivity contribution in [3.8, 4) is 5.75 Å². The van der Waals surface area contributed by atoms with E-state index in [1.54, 1.807) is 0 Å². The summed E-state index contributed by atoms with van der Waals surface area (Å²) in [6.45, 7) is 0.222. The van der Waals surface area contributed by atoms with Crippen LogP contribution in [0.3, 0.4) is 0 Å². The maximum atomic E-state index is 14.5. The molecule has 0 unspecified atom stereocenters. The van der Waals surface area contributed by atoms with Gasteiger partial charge >= 0.3 is 6.18 Å². The van der Waals surface area contributed by atoms with E-state index in [9.17, 15) is 30.7 Å². The normalized spacial score (nSPS) is 11.9. The molecule has 0 bridgehead atoms. The van der Waals surface area contributed by atoms with Gasteiger partial charge in [0.25, 0.3) is 0 Å². The van der Waals surface area contributed by atoms with Crippen molar-refractivity contribution in [1.29, 1.82) is 0 Å². The van der Waals surface area contributed by atoms with E-state index in [0.29, 0.717) is 17.5 Å². The van der Waals surface area contributed by atoms with Gasteiger partial charge in [0.2, 0.25) is 0 Å². The minimum Gasteiger partial charge on any atom is -0.478 e. The first-order chi connectivity index (χ1) is 15.6. The van der Waals surface area contributed by atoms with Crippen LogP contribution in [-0.4, -0.2) is 12.8 Å². The molecule has 0 saturated heterocycles. The molecule has 0 radical (unpaired) electrons. The maximum Gasteiger partial charge on any atom is 0.422 e. The molecule has 0 amide bonds. The Morgan fingerprint density at radius 1 is 0.758 bits per heavy atom. The SMILES string of the molecule is CCCCCc1cc(F)c(CCc2ccc3c(F)c(OCC(F)(F)F)c(F)cc3c2)c(F)c1. The van der Waals surface area contributed by atoms with E-state index in [1.807, 2.05) is 6.92 Å². The third kappa shape index (κ3) is 6.39. The second-order valence-corrected chi connectivity index (χ2v) is 7.96. The lowest BCUT2D eigenvalue weighted by atomic mass is 9.98. The molecule has 8 heteroatoms. The molecule has 0 atom stereocenters. The summed E-state index contributed by atoms with van der Waals surface area (Å²) >= 11 is 0. The molecular weight excluding hydrogens is 449 g/mol. The zero-order valence-electron chi connectivity index (χ0n) is 18.0. The summed E-state index contributed by atoms with van der Waals surface area (Å²) in [5.74, 6) is -4.87. The number of rotatable bonds is 9. The van der Waals surface area contributed by atoms with Crippen molar-refractivity contribution >= 4 is 10.8 Å². The van der Waals surface area contributed by atoms with Gasteiger partial charge in [-0.2, -0.15) is 13.2 Å². The highest BCUT2D eigenvalue weighted by atomic mass is 19.4. The number of fused-ring (bicyclic) bond motifs is 1. The van der Waals surface area contributed by atoms with Gasteiger partial charge in [-0.1, -0.05) is 38.0 Å². The first-order valence-electron chi connectivity index (χ1n) is 10.7. The minimum absolute atomic E-state index is 0.0379. The Morgan fingerprint density at radius 3 is 2.09 bits per heavy atom. The van der Waals surface area contributed by atoms with Gasteiger partial charge in [-0.05, 0) is 60.4 Å². The molecule has 0 fully saturated rings. The molecule has 0 aliphatic rings. The van der Waals surface area contributed by atoms with Gasteiger partial charge in [-0.25, -0.2) is 17.6 Å². The summed E-state index contributed by atoms with van der Waals surface area (Å²) in [4.78, 5) is 0. The Balaban J connectivity index is 1.76. The van der Waals surface area contributed by atoms with Gasteiger partial charge in [-0.15, -0.1) is 0 Å². The fraction of sp³-hybridized carbons (Fsp3) is 0.360. The molecule has 0 spiro atoms. The number of unbranched alkanes of at least 4 members (excludes halogenated alkanes) is 2. The fourth-order valence-electron chi connectivity index (χ4n) is 3.69. The molecule has 0 heterocycles. The molecule has 3 rings (SSSR count). The van der Waals surface area contributed by atoms with E-state index < -0.39 is 41.8 Å². The van der Waals surface area contributed by atoms with Gasteiger partial charge in [0.15, 0.2) is 24.0 Å². The quantitative estimate of drug-likeness (QED) is 0.228. The van der Waals surface area contributed by atoms with Crippen LogP contribution in [0.2, 0.25) is 0 Å². The van der Waals surface area contributed by atoms with Gasteiger partial charge in [0.1, 0.15) is 11.6 Å². The molecule has 3 aromatic rings. The number of benzene rings is 3. The van der Waals surface area contributed by atoms with Crippen LogP contribution in [0.4, 0.5) is 30.7 Å². The van der Waals surface area contributed by atoms with Crippen LogP contribution in [-0.2, 0) is 19.3 Å². The lowest BCUT2D eigenvalue weighted by molar-refractivity contribution is -0.154. The number of hydrogen-bond acceptors (Lipinski definition) is 1. The molecule has 0 saturated carbocycles. The summed E-state index contributed by atoms with van der Waals surface area (Å²) in [6.07, 6.45) is -1.07. The van der Waals surface area contributed by atoms with Crippen molar-refractivity contribution < 1.29 is 35.5 Å². The predicted molar refractivity (Wildman–Crippen MR) is 112 cm³/mol. The van der Waals surface area contributed by atoms with Crippen LogP contribution in [0.5, 0.6) is 5.75 Å². The van der Waals surface area contributed by atoms with E-state index in [-0.39, 0.29) is 29.2 Å². The van der Waals surface area contributed by atoms with Crippen LogP contribution in [0, 0.1) is 23.3 Å². The smallest absolute Gasteiger partial charge is 0.422 e. The second-order valence-electron chi connectivity index (χ2n) is 7.96. The fourth-order valence-corrected chi connectivity index (χ4v) is 3.69. The van der Waals surface area contributed by atoms with Crippen LogP contribution in [0.25, 0.3) is 10.8 Å². The van der Waals surface area contributed by atoms with E-state index in [1.165, 1.54) is 30.3 Å². The predicted octanol–water partition coefficient (Wildman–Crippen LogP) is 7.86. The highest BCUT2D eigenvalue weighted by Crippen LogP contribution is 2.32. The first kappa shape index (κ1) is 24.9. The molecule has 178 valence electrons. The Bertz CT molecular complexity index is 1100. The zero-order valence-corrected chi connectivity index (χ0v) is 18.0. The average Bonchev–Trinajstić information content (AvgIpc) is 2.72. The van der Waals surface area contributed by atoms with E-state index in [4.69, 9.17) is 0 Å². The zero-order chi connectivity index (χ0) is 24.2. The van der Waals surface area contributed by atoms with Crippen LogP contribution < -0.4 is 4.74 Å². The minimum atomic E-state index is -4.74.